The predicted molar refractivity (Wildman–Crippen MR) is 117 cm³/mol. The molecule has 8 nitrogen and oxygen atoms in total. The number of aliphatic hydroxyl groups is 2. The Morgan fingerprint density at radius 3 is 2.70 bits per heavy atom. The van der Waals surface area contributed by atoms with Crippen molar-refractivity contribution in [2.24, 2.45) is 0 Å². The molecule has 4 aromatic rings. The molecule has 0 radical (unpaired) electrons. The van der Waals surface area contributed by atoms with Crippen molar-refractivity contribution in [3.05, 3.63) is 52.9 Å². The second-order valence-electron chi connectivity index (χ2n) is 7.53. The van der Waals surface area contributed by atoms with Crippen LogP contribution >= 0.6 is 23.1 Å². The Bertz CT molecular complexity index is 1230. The zero-order chi connectivity index (χ0) is 21.0. The molecule has 3 heterocycles. The first-order valence-electron chi connectivity index (χ1n) is 9.38. The summed E-state index contributed by atoms with van der Waals surface area (Å²) >= 11 is 7.35. The number of rotatable bonds is 3. The van der Waals surface area contributed by atoms with Gasteiger partial charge >= 0.3 is 0 Å². The Morgan fingerprint density at radius 2 is 1.93 bits per heavy atom. The van der Waals surface area contributed by atoms with Crippen molar-refractivity contribution < 1.29 is 10.2 Å². The normalized spacial score (nSPS) is 24.0. The van der Waals surface area contributed by atoms with Crippen molar-refractivity contribution in [1.29, 1.82) is 0 Å². The van der Waals surface area contributed by atoms with Crippen molar-refractivity contribution in [1.82, 2.24) is 18.9 Å². The number of anilines is 2. The van der Waals surface area contributed by atoms with E-state index in [9.17, 15) is 10.2 Å². The molecule has 0 unspecified atom stereocenters. The van der Waals surface area contributed by atoms with Crippen LogP contribution in [0.15, 0.2) is 42.0 Å². The molecule has 0 spiro atoms. The first kappa shape index (κ1) is 19.3. The van der Waals surface area contributed by atoms with Gasteiger partial charge in [-0.3, -0.25) is 0 Å². The third-order valence-electron chi connectivity index (χ3n) is 5.75. The second kappa shape index (κ2) is 7.21. The van der Waals surface area contributed by atoms with Crippen LogP contribution in [0, 0.1) is 0 Å². The van der Waals surface area contributed by atoms with Crippen LogP contribution in [0.4, 0.5) is 11.5 Å². The number of hydrogen-bond acceptors (Lipinski definition) is 8. The van der Waals surface area contributed by atoms with Crippen LogP contribution in [-0.2, 0) is 0 Å². The van der Waals surface area contributed by atoms with E-state index in [4.69, 9.17) is 23.1 Å². The summed E-state index contributed by atoms with van der Waals surface area (Å²) < 4.78 is 5.96. The molecule has 0 saturated heterocycles. The molecule has 0 amide bonds. The van der Waals surface area contributed by atoms with Gasteiger partial charge in [0.05, 0.1) is 17.5 Å². The Kier molecular flexibility index (Phi) is 4.62. The van der Waals surface area contributed by atoms with Crippen LogP contribution in [0.2, 0.25) is 5.28 Å². The molecule has 0 bridgehead atoms. The second-order valence-corrected chi connectivity index (χ2v) is 8.53. The molecule has 1 aliphatic rings. The predicted octanol–water partition coefficient (Wildman–Crippen LogP) is 2.82. The highest BCUT2D eigenvalue weighted by Crippen LogP contribution is 2.44. The standard InChI is InChI=1S/C20H19ClN6O2S/c21-20-25-18(23)13-1-2-27(19(13)26-20)15-6-14(16(28)17(15)29)10-3-9(4-12(22)5-10)11-7-24-30-8-11/h1-5,7-8,14-17,28-29H,6,22H2,(H2,23,25,26)/t14-,15-,16-,17+/m1/s1. The Morgan fingerprint density at radius 1 is 1.10 bits per heavy atom. The summed E-state index contributed by atoms with van der Waals surface area (Å²) in [5, 5.41) is 24.4. The molecule has 6 N–H and O–H groups in total. The van der Waals surface area contributed by atoms with E-state index in [1.54, 1.807) is 18.5 Å². The van der Waals surface area contributed by atoms with Gasteiger partial charge < -0.3 is 26.2 Å². The summed E-state index contributed by atoms with van der Waals surface area (Å²) in [5.74, 6) is -0.0240. The number of nitrogens with zero attached hydrogens (tertiary/aromatic N) is 4. The lowest BCUT2D eigenvalue weighted by Gasteiger charge is -2.19. The minimum absolute atomic E-state index is 0.0365. The summed E-state index contributed by atoms with van der Waals surface area (Å²) in [4.78, 5) is 8.25. The molecule has 1 aliphatic carbocycles. The highest BCUT2D eigenvalue weighted by atomic mass is 35.5. The van der Waals surface area contributed by atoms with Gasteiger partial charge in [0.15, 0.2) is 0 Å². The van der Waals surface area contributed by atoms with E-state index in [-0.39, 0.29) is 17.0 Å². The quantitative estimate of drug-likeness (QED) is 0.283. The van der Waals surface area contributed by atoms with E-state index < -0.39 is 18.2 Å². The molecule has 1 fully saturated rings. The number of hydrogen-bond donors (Lipinski definition) is 4. The smallest absolute Gasteiger partial charge is 0.226 e. The lowest BCUT2D eigenvalue weighted by atomic mass is 9.92. The SMILES string of the molecule is Nc1cc(-c2cnsc2)cc([C@H]2C[C@@H](n3ccc4c(N)nc(Cl)nc43)[C@H](O)[C@@H]2O)c1. The van der Waals surface area contributed by atoms with Gasteiger partial charge in [-0.15, -0.1) is 0 Å². The number of aliphatic hydroxyl groups excluding tert-OH is 2. The fraction of sp³-hybridized carbons (Fsp3) is 0.250. The minimum Gasteiger partial charge on any atom is -0.399 e. The van der Waals surface area contributed by atoms with Crippen LogP contribution in [0.3, 0.4) is 0 Å². The lowest BCUT2D eigenvalue weighted by Crippen LogP contribution is -2.29. The fourth-order valence-corrected chi connectivity index (χ4v) is 5.03. The van der Waals surface area contributed by atoms with Gasteiger partial charge in [0, 0.05) is 34.9 Å². The lowest BCUT2D eigenvalue weighted by molar-refractivity contribution is 0.0179. The molecular weight excluding hydrogens is 424 g/mol. The van der Waals surface area contributed by atoms with Crippen molar-refractivity contribution in [3.8, 4) is 11.1 Å². The average molecular weight is 443 g/mol. The zero-order valence-electron chi connectivity index (χ0n) is 15.7. The number of halogens is 1. The molecular formula is C20H19ClN6O2S. The molecule has 154 valence electrons. The maximum atomic E-state index is 10.9. The third kappa shape index (κ3) is 3.10. The molecule has 4 atom stereocenters. The van der Waals surface area contributed by atoms with Gasteiger partial charge in [0.2, 0.25) is 5.28 Å². The number of nitrogen functional groups attached to an aromatic ring is 2. The third-order valence-corrected chi connectivity index (χ3v) is 6.51. The summed E-state index contributed by atoms with van der Waals surface area (Å²) in [6.07, 6.45) is 2.12. The van der Waals surface area contributed by atoms with Crippen LogP contribution in [0.5, 0.6) is 0 Å². The summed E-state index contributed by atoms with van der Waals surface area (Å²) in [7, 11) is 0. The van der Waals surface area contributed by atoms with Crippen LogP contribution < -0.4 is 11.5 Å². The van der Waals surface area contributed by atoms with Gasteiger partial charge in [0.25, 0.3) is 0 Å². The fourth-order valence-electron chi connectivity index (χ4n) is 4.32. The van der Waals surface area contributed by atoms with E-state index in [2.05, 4.69) is 14.3 Å². The maximum Gasteiger partial charge on any atom is 0.226 e. The zero-order valence-corrected chi connectivity index (χ0v) is 17.3. The number of nitrogens with two attached hydrogens (primary N) is 2. The van der Waals surface area contributed by atoms with E-state index in [0.717, 1.165) is 16.7 Å². The molecule has 1 aromatic carbocycles. The summed E-state index contributed by atoms with van der Waals surface area (Å²) in [5.41, 5.74) is 16.0. The van der Waals surface area contributed by atoms with E-state index in [0.29, 0.717) is 23.1 Å². The summed E-state index contributed by atoms with van der Waals surface area (Å²) in [6, 6.07) is 7.10. The monoisotopic (exact) mass is 442 g/mol. The maximum absolute atomic E-state index is 10.9. The molecule has 5 rings (SSSR count). The summed E-state index contributed by atoms with van der Waals surface area (Å²) in [6.45, 7) is 0. The Hall–Kier alpha value is -2.72. The average Bonchev–Trinajstić information content (AvgIpc) is 3.42. The van der Waals surface area contributed by atoms with E-state index >= 15 is 0 Å². The molecule has 1 saturated carbocycles. The largest absolute Gasteiger partial charge is 0.399 e. The van der Waals surface area contributed by atoms with Gasteiger partial charge in [-0.05, 0) is 58.9 Å². The Balaban J connectivity index is 1.53. The first-order chi connectivity index (χ1) is 14.4. The van der Waals surface area contributed by atoms with Crippen LogP contribution in [0.25, 0.3) is 22.2 Å². The number of benzene rings is 1. The first-order valence-corrected chi connectivity index (χ1v) is 10.6. The topological polar surface area (TPSA) is 136 Å². The van der Waals surface area contributed by atoms with E-state index in [1.165, 1.54) is 11.5 Å². The number of fused-ring (bicyclic) bond motifs is 1. The molecule has 0 aliphatic heterocycles. The van der Waals surface area contributed by atoms with E-state index in [1.807, 2.05) is 28.1 Å². The minimum atomic E-state index is -0.992. The molecule has 10 heteroatoms. The van der Waals surface area contributed by atoms with Crippen molar-refractivity contribution >= 4 is 45.7 Å². The van der Waals surface area contributed by atoms with Gasteiger partial charge in [-0.1, -0.05) is 6.07 Å². The molecule has 30 heavy (non-hydrogen) atoms. The highest BCUT2D eigenvalue weighted by Gasteiger charge is 2.43. The van der Waals surface area contributed by atoms with Crippen molar-refractivity contribution in [2.75, 3.05) is 11.5 Å². The number of aromatic nitrogens is 4. The van der Waals surface area contributed by atoms with Gasteiger partial charge in [-0.2, -0.15) is 4.98 Å². The van der Waals surface area contributed by atoms with Crippen molar-refractivity contribution in [2.45, 2.75) is 30.6 Å². The Labute approximate surface area is 180 Å². The highest BCUT2D eigenvalue weighted by molar-refractivity contribution is 7.03. The van der Waals surface area contributed by atoms with Gasteiger partial charge in [0.1, 0.15) is 17.6 Å². The van der Waals surface area contributed by atoms with Crippen LogP contribution in [0.1, 0.15) is 23.9 Å². The van der Waals surface area contributed by atoms with Crippen molar-refractivity contribution in [3.63, 3.8) is 0 Å². The van der Waals surface area contributed by atoms with Crippen LogP contribution in [-0.4, -0.2) is 41.3 Å². The molecule has 3 aromatic heterocycles. The van der Waals surface area contributed by atoms with Gasteiger partial charge in [-0.25, -0.2) is 9.36 Å².